The average Bonchev–Trinajstić information content (AvgIpc) is 2.66. The van der Waals surface area contributed by atoms with Gasteiger partial charge in [-0.15, -0.1) is 0 Å². The second kappa shape index (κ2) is 14.2. The molecule has 1 aliphatic heterocycles. The lowest BCUT2D eigenvalue weighted by atomic mass is 9.87. The zero-order chi connectivity index (χ0) is 20.0. The van der Waals surface area contributed by atoms with Gasteiger partial charge in [0.1, 0.15) is 0 Å². The van der Waals surface area contributed by atoms with Crippen molar-refractivity contribution in [2.24, 2.45) is 10.4 Å². The molecule has 0 aromatic heterocycles. The van der Waals surface area contributed by atoms with E-state index in [4.69, 9.17) is 4.99 Å². The minimum absolute atomic E-state index is 0.290. The van der Waals surface area contributed by atoms with E-state index in [9.17, 15) is 0 Å². The van der Waals surface area contributed by atoms with Crippen molar-refractivity contribution in [1.82, 2.24) is 20.4 Å². The van der Waals surface area contributed by atoms with Crippen LogP contribution in [0.25, 0.3) is 0 Å². The Balaban J connectivity index is 2.21. The van der Waals surface area contributed by atoms with E-state index in [1.54, 1.807) is 0 Å². The number of hydrogen-bond acceptors (Lipinski definition) is 3. The molecule has 1 heterocycles. The smallest absolute Gasteiger partial charge is 0.191 e. The van der Waals surface area contributed by atoms with Crippen LogP contribution in [0.1, 0.15) is 73.1 Å². The number of piperazine rings is 1. The largest absolute Gasteiger partial charge is 0.357 e. The first kappa shape index (κ1) is 24.2. The van der Waals surface area contributed by atoms with Gasteiger partial charge in [-0.3, -0.25) is 4.99 Å². The Labute approximate surface area is 169 Å². The molecule has 1 rings (SSSR count). The van der Waals surface area contributed by atoms with Crippen molar-refractivity contribution in [2.75, 3.05) is 58.9 Å². The first-order valence-electron chi connectivity index (χ1n) is 11.5. The Hall–Kier alpha value is -0.810. The number of unbranched alkanes of at least 4 members (excludes halogenated alkanes) is 3. The van der Waals surface area contributed by atoms with Crippen molar-refractivity contribution in [3.8, 4) is 0 Å². The molecule has 0 aromatic carbocycles. The number of hydrogen-bond donors (Lipinski definition) is 2. The van der Waals surface area contributed by atoms with E-state index >= 15 is 0 Å². The number of rotatable bonds is 13. The summed E-state index contributed by atoms with van der Waals surface area (Å²) in [5.74, 6) is 0.984. The van der Waals surface area contributed by atoms with Crippen LogP contribution in [0.5, 0.6) is 0 Å². The molecule has 0 spiro atoms. The SMILES string of the molecule is CCCCCC(C)(C)CN=C(NCC)NCCCCN1CCN(CC)CC1. The standard InChI is InChI=1S/C22H47N5/c1-6-9-10-13-22(4,5)20-25-21(23-7-2)24-14-11-12-15-27-18-16-26(8-3)17-19-27/h6-20H2,1-5H3,(H2,23,24,25). The maximum absolute atomic E-state index is 4.85. The molecular weight excluding hydrogens is 334 g/mol. The van der Waals surface area contributed by atoms with Crippen LogP contribution in [-0.4, -0.2) is 74.7 Å². The van der Waals surface area contributed by atoms with Crippen LogP contribution >= 0.6 is 0 Å². The molecule has 5 nitrogen and oxygen atoms in total. The fourth-order valence-corrected chi connectivity index (χ4v) is 3.56. The van der Waals surface area contributed by atoms with Crippen LogP contribution in [0, 0.1) is 5.41 Å². The fraction of sp³-hybridized carbons (Fsp3) is 0.955. The van der Waals surface area contributed by atoms with Crippen molar-refractivity contribution >= 4 is 5.96 Å². The zero-order valence-corrected chi connectivity index (χ0v) is 18.9. The second-order valence-electron chi connectivity index (χ2n) is 8.73. The summed E-state index contributed by atoms with van der Waals surface area (Å²) in [7, 11) is 0. The van der Waals surface area contributed by atoms with Crippen molar-refractivity contribution in [3.05, 3.63) is 0 Å². The highest BCUT2D eigenvalue weighted by molar-refractivity contribution is 5.79. The molecule has 0 unspecified atom stereocenters. The van der Waals surface area contributed by atoms with Crippen LogP contribution in [0.15, 0.2) is 4.99 Å². The van der Waals surface area contributed by atoms with Gasteiger partial charge in [-0.05, 0) is 44.7 Å². The van der Waals surface area contributed by atoms with Gasteiger partial charge in [-0.25, -0.2) is 0 Å². The quantitative estimate of drug-likeness (QED) is 0.291. The van der Waals surface area contributed by atoms with Gasteiger partial charge < -0.3 is 20.4 Å². The third kappa shape index (κ3) is 11.6. The summed E-state index contributed by atoms with van der Waals surface area (Å²) >= 11 is 0. The average molecular weight is 382 g/mol. The molecule has 0 aromatic rings. The number of nitrogens with zero attached hydrogens (tertiary/aromatic N) is 3. The first-order chi connectivity index (χ1) is 13.0. The molecular formula is C22H47N5. The molecule has 5 heteroatoms. The summed E-state index contributed by atoms with van der Waals surface area (Å²) in [6.07, 6.45) is 7.67. The number of likely N-dealkylation sites (N-methyl/N-ethyl adjacent to an activating group) is 1. The molecule has 0 saturated carbocycles. The van der Waals surface area contributed by atoms with Crippen molar-refractivity contribution < 1.29 is 0 Å². The van der Waals surface area contributed by atoms with Gasteiger partial charge in [-0.1, -0.05) is 47.0 Å². The molecule has 27 heavy (non-hydrogen) atoms. The summed E-state index contributed by atoms with van der Waals surface area (Å²) in [5.41, 5.74) is 0.290. The summed E-state index contributed by atoms with van der Waals surface area (Å²) in [6, 6.07) is 0. The molecule has 1 saturated heterocycles. The van der Waals surface area contributed by atoms with E-state index < -0.39 is 0 Å². The second-order valence-corrected chi connectivity index (χ2v) is 8.73. The maximum atomic E-state index is 4.85. The lowest BCUT2D eigenvalue weighted by Gasteiger charge is -2.34. The van der Waals surface area contributed by atoms with Crippen molar-refractivity contribution in [2.45, 2.75) is 73.1 Å². The molecule has 1 fully saturated rings. The number of nitrogens with one attached hydrogen (secondary N) is 2. The van der Waals surface area contributed by atoms with Gasteiger partial charge in [0.2, 0.25) is 0 Å². The molecule has 0 aliphatic carbocycles. The Morgan fingerprint density at radius 2 is 1.59 bits per heavy atom. The first-order valence-corrected chi connectivity index (χ1v) is 11.5. The summed E-state index contributed by atoms with van der Waals surface area (Å²) in [4.78, 5) is 10.0. The molecule has 1 aliphatic rings. The Morgan fingerprint density at radius 3 is 2.22 bits per heavy atom. The van der Waals surface area contributed by atoms with E-state index in [0.717, 1.165) is 25.6 Å². The lowest BCUT2D eigenvalue weighted by molar-refractivity contribution is 0.136. The van der Waals surface area contributed by atoms with Crippen LogP contribution in [0.4, 0.5) is 0 Å². The van der Waals surface area contributed by atoms with E-state index in [1.165, 1.54) is 77.8 Å². The van der Waals surface area contributed by atoms with Crippen LogP contribution in [0.3, 0.4) is 0 Å². The van der Waals surface area contributed by atoms with Gasteiger partial charge in [0.15, 0.2) is 5.96 Å². The Morgan fingerprint density at radius 1 is 0.889 bits per heavy atom. The topological polar surface area (TPSA) is 42.9 Å². The molecule has 0 radical (unpaired) electrons. The Bertz CT molecular complexity index is 386. The summed E-state index contributed by atoms with van der Waals surface area (Å²) in [6.45, 7) is 21.5. The predicted octanol–water partition coefficient (Wildman–Crippen LogP) is 3.57. The third-order valence-electron chi connectivity index (χ3n) is 5.57. The van der Waals surface area contributed by atoms with Gasteiger partial charge in [0.25, 0.3) is 0 Å². The minimum atomic E-state index is 0.290. The molecule has 0 bridgehead atoms. The van der Waals surface area contributed by atoms with Crippen LogP contribution in [0.2, 0.25) is 0 Å². The monoisotopic (exact) mass is 381 g/mol. The zero-order valence-electron chi connectivity index (χ0n) is 18.9. The fourth-order valence-electron chi connectivity index (χ4n) is 3.56. The van der Waals surface area contributed by atoms with Gasteiger partial charge >= 0.3 is 0 Å². The molecule has 0 amide bonds. The van der Waals surface area contributed by atoms with Gasteiger partial charge in [0.05, 0.1) is 0 Å². The van der Waals surface area contributed by atoms with E-state index in [2.05, 4.69) is 55.1 Å². The van der Waals surface area contributed by atoms with Gasteiger partial charge in [0, 0.05) is 45.8 Å². The third-order valence-corrected chi connectivity index (χ3v) is 5.57. The predicted molar refractivity (Wildman–Crippen MR) is 120 cm³/mol. The lowest BCUT2D eigenvalue weighted by Crippen LogP contribution is -2.46. The minimum Gasteiger partial charge on any atom is -0.357 e. The molecule has 160 valence electrons. The van der Waals surface area contributed by atoms with E-state index in [1.807, 2.05) is 0 Å². The van der Waals surface area contributed by atoms with Crippen molar-refractivity contribution in [3.63, 3.8) is 0 Å². The molecule has 2 N–H and O–H groups in total. The number of guanidine groups is 1. The van der Waals surface area contributed by atoms with Gasteiger partial charge in [-0.2, -0.15) is 0 Å². The van der Waals surface area contributed by atoms with E-state index in [0.29, 0.717) is 0 Å². The highest BCUT2D eigenvalue weighted by Gasteiger charge is 2.17. The maximum Gasteiger partial charge on any atom is 0.191 e. The van der Waals surface area contributed by atoms with Crippen LogP contribution < -0.4 is 10.6 Å². The molecule has 0 atom stereocenters. The van der Waals surface area contributed by atoms with Crippen LogP contribution in [-0.2, 0) is 0 Å². The summed E-state index contributed by atoms with van der Waals surface area (Å²) in [5, 5.41) is 6.92. The summed E-state index contributed by atoms with van der Waals surface area (Å²) < 4.78 is 0. The Kier molecular flexibility index (Phi) is 12.8. The normalized spacial score (nSPS) is 17.3. The highest BCUT2D eigenvalue weighted by atomic mass is 15.3. The number of aliphatic imine (C=N–C) groups is 1. The highest BCUT2D eigenvalue weighted by Crippen LogP contribution is 2.23. The van der Waals surface area contributed by atoms with E-state index in [-0.39, 0.29) is 5.41 Å². The van der Waals surface area contributed by atoms with Crippen molar-refractivity contribution in [1.29, 1.82) is 0 Å².